The second kappa shape index (κ2) is 38.5. The van der Waals surface area contributed by atoms with Gasteiger partial charge in [-0.05, 0) is 319 Å². The number of fused-ring (bicyclic) bond motifs is 17. The van der Waals surface area contributed by atoms with Crippen molar-refractivity contribution in [2.24, 2.45) is 0 Å². The lowest BCUT2D eigenvalue weighted by atomic mass is 9.71. The molecule has 6 aliphatic rings. The maximum Gasteiger partial charge on any atom is 0.0536 e. The molecule has 24 rings (SSSR count). The molecule has 0 N–H and O–H groups in total. The molecule has 18 aromatic carbocycles. The number of anilines is 12. The SMILES string of the molecule is CC1(C)c2ccccc2N(C(C)(C)C)c2c(-c3ccccc3)cccc21.CC1(C)c2ccccc2N(C(C)(C)C)c2c1ccc1ccccc21.CC1(C)c2ccccc2N(C(C)(C)C)c2cc(-c3ccccc3)ccc21.CC1(C)c2ccccc2N(C(C)(C)C)c2cc3ccccc3cc21.CC1(C)c2ccccc2N(C(C)(C)C)c2ccc(-c3ccccc3)cc21.CC1(C)c2ccccc2N(C(C)(C)C)c2ccc3ccccc3c21. The summed E-state index contributed by atoms with van der Waals surface area (Å²) < 4.78 is 0. The second-order valence-corrected chi connectivity index (χ2v) is 51.2. The van der Waals surface area contributed by atoms with E-state index in [2.05, 4.69) is 637 Å². The normalized spacial score (nSPS) is 15.6. The fourth-order valence-corrected chi connectivity index (χ4v) is 25.3. The van der Waals surface area contributed by atoms with Gasteiger partial charge in [0, 0.05) is 134 Å². The van der Waals surface area contributed by atoms with Crippen LogP contribution in [0.25, 0.3) is 65.7 Å². The maximum absolute atomic E-state index is 2.53. The summed E-state index contributed by atoms with van der Waals surface area (Å²) in [6.45, 7) is 69.5. The van der Waals surface area contributed by atoms with E-state index in [1.165, 1.54) is 201 Å². The van der Waals surface area contributed by atoms with Gasteiger partial charge >= 0.3 is 0 Å². The summed E-state index contributed by atoms with van der Waals surface area (Å²) in [5.74, 6) is 0. The van der Waals surface area contributed by atoms with Crippen LogP contribution in [-0.4, -0.2) is 33.2 Å². The molecule has 0 atom stereocenters. The van der Waals surface area contributed by atoms with Gasteiger partial charge in [-0.3, -0.25) is 0 Å². The largest absolute Gasteiger partial charge is 0.336 e. The molecule has 0 amide bonds. The average molecular weight is 1970 g/mol. The highest BCUT2D eigenvalue weighted by Crippen LogP contribution is 2.61. The van der Waals surface area contributed by atoms with Gasteiger partial charge in [0.25, 0.3) is 0 Å². The highest BCUT2D eigenvalue weighted by molar-refractivity contribution is 6.02. The Morgan fingerprint density at radius 3 is 0.840 bits per heavy atom. The van der Waals surface area contributed by atoms with Crippen LogP contribution in [0.3, 0.4) is 0 Å². The van der Waals surface area contributed by atoms with Gasteiger partial charge in [0.1, 0.15) is 0 Å². The van der Waals surface area contributed by atoms with Crippen molar-refractivity contribution in [3.63, 3.8) is 0 Å². The number of para-hydroxylation sites is 7. The Morgan fingerprint density at radius 1 is 0.147 bits per heavy atom. The lowest BCUT2D eigenvalue weighted by Crippen LogP contribution is -2.43. The lowest BCUT2D eigenvalue weighted by molar-refractivity contribution is 0.530. The smallest absolute Gasteiger partial charge is 0.0536 e. The van der Waals surface area contributed by atoms with Crippen LogP contribution in [0.5, 0.6) is 0 Å². The quantitative estimate of drug-likeness (QED) is 0.174. The van der Waals surface area contributed by atoms with Crippen molar-refractivity contribution >= 4 is 101 Å². The molecule has 6 nitrogen and oxygen atoms in total. The molecule has 6 heteroatoms. The number of nitrogens with zero attached hydrogens (tertiary/aromatic N) is 6. The van der Waals surface area contributed by atoms with Gasteiger partial charge in [-0.25, -0.2) is 0 Å². The van der Waals surface area contributed by atoms with Crippen molar-refractivity contribution in [2.75, 3.05) is 29.4 Å². The third kappa shape index (κ3) is 18.7. The standard InChI is InChI=1S/3C25H27N.3C23H25N/c1-24(2,3)26-22-17-10-9-15-20(22)25(4,5)21-16-11-14-19(23(21)26)18-12-7-6-8-13-18;1-24(2,3)26-22-14-10-9-13-20(22)25(4,5)21-17-19(15-16-23(21)26)18-11-7-6-8-12-18;1-24(2,3)26-22-14-10-9-13-20(22)25(4,5)21-16-15-19(17-23(21)26)18-11-7-6-8-12-18;1-22(2,3)24-20-13-9-8-12-18(20)23(4,5)19-14-16-10-6-7-11-17(16)15-21(19)24;1-22(2,3)24-20-13-9-8-12-18(20)23(4,5)19-15-14-16-10-6-7-11-17(16)21(19)24;1-22(2,3)24-19-13-9-8-12-18(19)23(4,5)21-17-11-7-6-10-16(17)14-15-20(21)24/h3*6-17H,1-5H3;3*6-15H,1-5H3. The van der Waals surface area contributed by atoms with E-state index in [9.17, 15) is 0 Å². The fourth-order valence-electron chi connectivity index (χ4n) is 25.3. The first-order valence-electron chi connectivity index (χ1n) is 54.4. The van der Waals surface area contributed by atoms with Gasteiger partial charge < -0.3 is 29.4 Å². The van der Waals surface area contributed by atoms with Crippen LogP contribution in [0.4, 0.5) is 68.2 Å². The molecular weight excluding hydrogens is 1810 g/mol. The van der Waals surface area contributed by atoms with E-state index in [1.54, 1.807) is 0 Å². The molecule has 0 saturated heterocycles. The predicted molar refractivity (Wildman–Crippen MR) is 650 cm³/mol. The second-order valence-electron chi connectivity index (χ2n) is 51.2. The van der Waals surface area contributed by atoms with Gasteiger partial charge in [0.2, 0.25) is 0 Å². The summed E-state index contributed by atoms with van der Waals surface area (Å²) in [7, 11) is 0. The number of hydrogen-bond acceptors (Lipinski definition) is 6. The summed E-state index contributed by atoms with van der Waals surface area (Å²) in [6.07, 6.45) is 0. The molecule has 0 aromatic heterocycles. The Hall–Kier alpha value is -14.5. The van der Waals surface area contributed by atoms with Gasteiger partial charge in [0.05, 0.1) is 11.4 Å². The Morgan fingerprint density at radius 2 is 0.407 bits per heavy atom. The van der Waals surface area contributed by atoms with Crippen LogP contribution in [0, 0.1) is 0 Å². The van der Waals surface area contributed by atoms with Gasteiger partial charge in [-0.1, -0.05) is 411 Å². The molecule has 6 heterocycles. The zero-order chi connectivity index (χ0) is 107. The lowest BCUT2D eigenvalue weighted by Gasteiger charge is -2.48. The van der Waals surface area contributed by atoms with E-state index in [4.69, 9.17) is 0 Å². The molecule has 0 aliphatic carbocycles. The maximum atomic E-state index is 2.53. The number of rotatable bonds is 3. The minimum absolute atomic E-state index is 0.00227. The van der Waals surface area contributed by atoms with E-state index in [0.29, 0.717) is 0 Å². The van der Waals surface area contributed by atoms with Crippen LogP contribution >= 0.6 is 0 Å². The van der Waals surface area contributed by atoms with E-state index >= 15 is 0 Å². The zero-order valence-corrected chi connectivity index (χ0v) is 94.8. The topological polar surface area (TPSA) is 19.4 Å². The van der Waals surface area contributed by atoms with Gasteiger partial charge in [-0.15, -0.1) is 0 Å². The van der Waals surface area contributed by atoms with Crippen molar-refractivity contribution in [3.05, 3.63) is 467 Å². The zero-order valence-electron chi connectivity index (χ0n) is 94.8. The average Bonchev–Trinajstić information content (AvgIpc) is 0.726. The predicted octanol–water partition coefficient (Wildman–Crippen LogP) is 40.0. The van der Waals surface area contributed by atoms with E-state index < -0.39 is 0 Å². The van der Waals surface area contributed by atoms with Crippen LogP contribution in [0.1, 0.15) is 274 Å². The molecule has 0 fully saturated rings. The van der Waals surface area contributed by atoms with E-state index in [-0.39, 0.29) is 65.7 Å². The summed E-state index contributed by atoms with van der Waals surface area (Å²) in [4.78, 5) is 15.1. The third-order valence-corrected chi connectivity index (χ3v) is 32.3. The van der Waals surface area contributed by atoms with E-state index in [1.807, 2.05) is 0 Å². The van der Waals surface area contributed by atoms with Crippen LogP contribution in [0.15, 0.2) is 400 Å². The molecule has 0 spiro atoms. The highest BCUT2D eigenvalue weighted by atomic mass is 15.3. The minimum atomic E-state index is -0.0293. The van der Waals surface area contributed by atoms with Crippen LogP contribution in [-0.2, 0) is 32.5 Å². The summed E-state index contributed by atoms with van der Waals surface area (Å²) >= 11 is 0. The summed E-state index contributed by atoms with van der Waals surface area (Å²) in [5.41, 5.74) is 40.4. The first-order chi connectivity index (χ1) is 70.8. The Labute approximate surface area is 897 Å². The van der Waals surface area contributed by atoms with Crippen LogP contribution < -0.4 is 29.4 Å². The van der Waals surface area contributed by atoms with Crippen molar-refractivity contribution in [1.82, 2.24) is 0 Å². The monoisotopic (exact) mass is 1970 g/mol. The fraction of sp³-hybridized carbons (Fsp3) is 0.292. The summed E-state index contributed by atoms with van der Waals surface area (Å²) in [5, 5.41) is 7.95. The number of benzene rings is 18. The molecule has 18 aromatic rings. The first kappa shape index (κ1) is 104. The first-order valence-corrected chi connectivity index (χ1v) is 54.4. The molecule has 6 aliphatic heterocycles. The minimum Gasteiger partial charge on any atom is -0.336 e. The molecule has 762 valence electrons. The van der Waals surface area contributed by atoms with Crippen molar-refractivity contribution in [3.8, 4) is 33.4 Å². The molecule has 0 bridgehead atoms. The van der Waals surface area contributed by atoms with Crippen LogP contribution in [0.2, 0.25) is 0 Å². The molecule has 0 radical (unpaired) electrons. The van der Waals surface area contributed by atoms with Crippen molar-refractivity contribution < 1.29 is 0 Å². The molecular formula is C144H156N6. The molecule has 0 unspecified atom stereocenters. The van der Waals surface area contributed by atoms with E-state index in [0.717, 1.165) is 0 Å². The Kier molecular flexibility index (Phi) is 26.7. The Bertz CT molecular complexity index is 8000. The highest BCUT2D eigenvalue weighted by Gasteiger charge is 2.48. The van der Waals surface area contributed by atoms with Gasteiger partial charge in [0.15, 0.2) is 0 Å². The Balaban J connectivity index is 0.000000113. The summed E-state index contributed by atoms with van der Waals surface area (Å²) in [6, 6.07) is 146. The third-order valence-electron chi connectivity index (χ3n) is 32.3. The molecule has 0 saturated carbocycles. The van der Waals surface area contributed by atoms with Crippen molar-refractivity contribution in [2.45, 2.75) is 273 Å². The molecule has 150 heavy (non-hydrogen) atoms. The number of hydrogen-bond donors (Lipinski definition) is 0. The van der Waals surface area contributed by atoms with Crippen molar-refractivity contribution in [1.29, 1.82) is 0 Å². The van der Waals surface area contributed by atoms with Gasteiger partial charge in [-0.2, -0.15) is 0 Å².